The largest absolute Gasteiger partial charge is 0.573 e. The van der Waals surface area contributed by atoms with Gasteiger partial charge < -0.3 is 10.5 Å². The van der Waals surface area contributed by atoms with E-state index in [1.165, 1.54) is 12.1 Å². The number of halogens is 5. The Labute approximate surface area is 116 Å². The second-order valence-corrected chi connectivity index (χ2v) is 4.11. The zero-order valence-electron chi connectivity index (χ0n) is 8.87. The first kappa shape index (κ1) is 17.0. The van der Waals surface area contributed by atoms with Crippen molar-refractivity contribution in [2.75, 3.05) is 0 Å². The molecule has 0 bridgehead atoms. The smallest absolute Gasteiger partial charge is 0.405 e. The van der Waals surface area contributed by atoms with E-state index in [1.807, 2.05) is 0 Å². The molecule has 0 aliphatic rings. The summed E-state index contributed by atoms with van der Waals surface area (Å²) in [6.07, 6.45) is -4.88. The Morgan fingerprint density at radius 2 is 2.06 bits per heavy atom. The molecule has 0 aromatic heterocycles. The lowest BCUT2D eigenvalue weighted by Gasteiger charge is -2.16. The number of hydrogen-bond acceptors (Lipinski definition) is 3. The third kappa shape index (κ3) is 5.12. The topological polar surface area (TPSA) is 59.0 Å². The number of benzene rings is 1. The first-order chi connectivity index (χ1) is 7.83. The van der Waals surface area contributed by atoms with Gasteiger partial charge in [-0.15, -0.1) is 25.6 Å². The summed E-state index contributed by atoms with van der Waals surface area (Å²) in [7, 11) is 0. The van der Waals surface area contributed by atoms with E-state index in [-0.39, 0.29) is 30.1 Å². The Bertz CT molecular complexity index is 448. The van der Waals surface area contributed by atoms with Gasteiger partial charge in [-0.3, -0.25) is 0 Å². The lowest BCUT2D eigenvalue weighted by molar-refractivity contribution is -0.275. The van der Waals surface area contributed by atoms with Crippen LogP contribution < -0.4 is 10.5 Å². The molecule has 0 spiro atoms. The Morgan fingerprint density at radius 1 is 1.44 bits per heavy atom. The van der Waals surface area contributed by atoms with Gasteiger partial charge in [0.25, 0.3) is 0 Å². The summed E-state index contributed by atoms with van der Waals surface area (Å²) in [5.74, 6) is -0.386. The number of ether oxygens (including phenoxy) is 1. The average molecular weight is 346 g/mol. The van der Waals surface area contributed by atoms with Crippen LogP contribution in [0.2, 0.25) is 0 Å². The van der Waals surface area contributed by atoms with Crippen molar-refractivity contribution in [1.29, 1.82) is 5.26 Å². The van der Waals surface area contributed by atoms with Gasteiger partial charge in [0.1, 0.15) is 5.75 Å². The van der Waals surface area contributed by atoms with Gasteiger partial charge in [0.15, 0.2) is 0 Å². The second kappa shape index (κ2) is 6.83. The molecule has 0 saturated carbocycles. The van der Waals surface area contributed by atoms with Crippen LogP contribution in [0.5, 0.6) is 5.75 Å². The lowest BCUT2D eigenvalue weighted by atomic mass is 10.0. The summed E-state index contributed by atoms with van der Waals surface area (Å²) in [5, 5.41) is 8.49. The highest BCUT2D eigenvalue weighted by Gasteiger charge is 2.32. The zero-order valence-corrected chi connectivity index (χ0v) is 11.3. The number of rotatable bonds is 3. The molecule has 0 radical (unpaired) electrons. The second-order valence-electron chi connectivity index (χ2n) is 3.20. The highest BCUT2D eigenvalue weighted by Crippen LogP contribution is 2.32. The third-order valence-electron chi connectivity index (χ3n) is 1.91. The lowest BCUT2D eigenvalue weighted by Crippen LogP contribution is -2.20. The maximum Gasteiger partial charge on any atom is 0.573 e. The monoisotopic (exact) mass is 344 g/mol. The Hall–Kier alpha value is -0.970. The van der Waals surface area contributed by atoms with Crippen molar-refractivity contribution >= 4 is 28.3 Å². The quantitative estimate of drug-likeness (QED) is 0.909. The molecule has 0 heterocycles. The van der Waals surface area contributed by atoms with Gasteiger partial charge in [0.05, 0.1) is 12.5 Å². The Kier molecular flexibility index (Phi) is 6.46. The average Bonchev–Trinajstić information content (AvgIpc) is 2.19. The predicted molar refractivity (Wildman–Crippen MR) is 65.2 cm³/mol. The van der Waals surface area contributed by atoms with Crippen molar-refractivity contribution in [3.63, 3.8) is 0 Å². The van der Waals surface area contributed by atoms with Crippen molar-refractivity contribution in [2.45, 2.75) is 18.8 Å². The van der Waals surface area contributed by atoms with Gasteiger partial charge in [-0.2, -0.15) is 5.26 Å². The van der Waals surface area contributed by atoms with Crippen molar-refractivity contribution in [1.82, 2.24) is 0 Å². The van der Waals surface area contributed by atoms with Gasteiger partial charge in [-0.25, -0.2) is 0 Å². The Balaban J connectivity index is 0.00000289. The highest BCUT2D eigenvalue weighted by atomic mass is 79.9. The van der Waals surface area contributed by atoms with E-state index in [0.29, 0.717) is 4.47 Å². The van der Waals surface area contributed by atoms with Crippen LogP contribution in [0.3, 0.4) is 0 Å². The first-order valence-corrected chi connectivity index (χ1v) is 5.30. The fourth-order valence-electron chi connectivity index (χ4n) is 1.24. The van der Waals surface area contributed by atoms with Crippen LogP contribution in [0, 0.1) is 11.3 Å². The molecule has 2 N–H and O–H groups in total. The summed E-state index contributed by atoms with van der Waals surface area (Å²) >= 11 is 3.12. The summed E-state index contributed by atoms with van der Waals surface area (Å²) in [6, 6.07) is 4.94. The van der Waals surface area contributed by atoms with E-state index in [9.17, 15) is 13.2 Å². The molecule has 1 aromatic carbocycles. The molecule has 18 heavy (non-hydrogen) atoms. The summed E-state index contributed by atoms with van der Waals surface area (Å²) < 4.78 is 40.8. The van der Waals surface area contributed by atoms with Gasteiger partial charge in [0, 0.05) is 16.1 Å². The highest BCUT2D eigenvalue weighted by molar-refractivity contribution is 9.10. The SMILES string of the molecule is Cl.N#CC[C@H](N)c1cc(Br)ccc1OC(F)(F)F. The number of alkyl halides is 3. The van der Waals surface area contributed by atoms with Crippen molar-refractivity contribution in [2.24, 2.45) is 5.73 Å². The van der Waals surface area contributed by atoms with E-state index in [1.54, 1.807) is 6.07 Å². The van der Waals surface area contributed by atoms with Crippen molar-refractivity contribution in [3.05, 3.63) is 28.2 Å². The van der Waals surface area contributed by atoms with E-state index in [2.05, 4.69) is 20.7 Å². The van der Waals surface area contributed by atoms with E-state index in [4.69, 9.17) is 11.0 Å². The molecule has 0 aliphatic carbocycles. The Morgan fingerprint density at radius 3 is 2.56 bits per heavy atom. The molecule has 0 saturated heterocycles. The van der Waals surface area contributed by atoms with E-state index < -0.39 is 12.4 Å². The number of nitriles is 1. The van der Waals surface area contributed by atoms with Gasteiger partial charge in [-0.05, 0) is 18.2 Å². The van der Waals surface area contributed by atoms with Crippen LogP contribution >= 0.6 is 28.3 Å². The van der Waals surface area contributed by atoms with E-state index >= 15 is 0 Å². The van der Waals surface area contributed by atoms with Crippen molar-refractivity contribution in [3.8, 4) is 11.8 Å². The maximum atomic E-state index is 12.1. The molecule has 0 fully saturated rings. The van der Waals surface area contributed by atoms with Crippen LogP contribution in [0.25, 0.3) is 0 Å². The van der Waals surface area contributed by atoms with Gasteiger partial charge >= 0.3 is 6.36 Å². The van der Waals surface area contributed by atoms with Crippen molar-refractivity contribution < 1.29 is 17.9 Å². The maximum absolute atomic E-state index is 12.1. The van der Waals surface area contributed by atoms with Crippen LogP contribution in [0.1, 0.15) is 18.0 Å². The fourth-order valence-corrected chi connectivity index (χ4v) is 1.61. The molecule has 0 unspecified atom stereocenters. The first-order valence-electron chi connectivity index (χ1n) is 4.51. The zero-order chi connectivity index (χ0) is 13.1. The molecular weight excluding hydrogens is 336 g/mol. The molecule has 8 heteroatoms. The molecule has 0 amide bonds. The fraction of sp³-hybridized carbons (Fsp3) is 0.300. The van der Waals surface area contributed by atoms with Crippen LogP contribution in [0.4, 0.5) is 13.2 Å². The minimum Gasteiger partial charge on any atom is -0.405 e. The normalized spacial score (nSPS) is 12.2. The minimum atomic E-state index is -4.78. The molecule has 1 rings (SSSR count). The summed E-state index contributed by atoms with van der Waals surface area (Å²) in [4.78, 5) is 0. The van der Waals surface area contributed by atoms with Crippen LogP contribution in [-0.2, 0) is 0 Å². The number of nitrogens with zero attached hydrogens (tertiary/aromatic N) is 1. The molecule has 3 nitrogen and oxygen atoms in total. The molecular formula is C10H9BrClF3N2O. The number of hydrogen-bond donors (Lipinski definition) is 1. The number of nitrogens with two attached hydrogens (primary N) is 1. The molecule has 1 atom stereocenters. The van der Waals surface area contributed by atoms with Crippen LogP contribution in [0.15, 0.2) is 22.7 Å². The third-order valence-corrected chi connectivity index (χ3v) is 2.40. The van der Waals surface area contributed by atoms with Gasteiger partial charge in [0.2, 0.25) is 0 Å². The molecule has 0 aliphatic heterocycles. The van der Waals surface area contributed by atoms with E-state index in [0.717, 1.165) is 6.07 Å². The summed E-state index contributed by atoms with van der Waals surface area (Å²) in [6.45, 7) is 0. The minimum absolute atomic E-state index is 0. The summed E-state index contributed by atoms with van der Waals surface area (Å²) in [5.41, 5.74) is 5.74. The molecule has 1 aromatic rings. The predicted octanol–water partition coefficient (Wildman–Crippen LogP) is 3.68. The van der Waals surface area contributed by atoms with Gasteiger partial charge in [-0.1, -0.05) is 15.9 Å². The standard InChI is InChI=1S/C10H8BrF3N2O.ClH/c11-6-1-2-9(17-10(12,13)14)7(5-6)8(16)3-4-15;/h1-2,5,8H,3,16H2;1H/t8-;/m0./s1. The van der Waals surface area contributed by atoms with Crippen LogP contribution in [-0.4, -0.2) is 6.36 Å². The molecule has 100 valence electrons.